The van der Waals surface area contributed by atoms with Gasteiger partial charge in [-0.25, -0.2) is 0 Å². The van der Waals surface area contributed by atoms with Gasteiger partial charge >= 0.3 is 5.97 Å². The molecule has 0 fully saturated rings. The van der Waals surface area contributed by atoms with Crippen molar-refractivity contribution in [2.24, 2.45) is 0 Å². The zero-order valence-electron chi connectivity index (χ0n) is 12.0. The zero-order valence-corrected chi connectivity index (χ0v) is 13.6. The number of amides is 1. The Bertz CT molecular complexity index is 683. The lowest BCUT2D eigenvalue weighted by Gasteiger charge is -2.18. The van der Waals surface area contributed by atoms with Crippen LogP contribution in [-0.2, 0) is 4.79 Å². The molecule has 2 N–H and O–H groups in total. The minimum Gasteiger partial charge on any atom is -0.481 e. The Morgan fingerprint density at radius 1 is 1.14 bits per heavy atom. The first-order chi connectivity index (χ1) is 10.5. The fraction of sp³-hybridized carbons (Fsp3) is 0.176. The van der Waals surface area contributed by atoms with Crippen LogP contribution in [0.4, 0.5) is 0 Å². The molecule has 1 unspecified atom stereocenters. The maximum atomic E-state index is 12.4. The number of carbonyl (C=O) groups is 2. The van der Waals surface area contributed by atoms with E-state index >= 15 is 0 Å². The molecule has 2 rings (SSSR count). The van der Waals surface area contributed by atoms with E-state index in [1.54, 1.807) is 18.2 Å². The molecule has 0 heterocycles. The first-order valence-electron chi connectivity index (χ1n) is 6.81. The van der Waals surface area contributed by atoms with E-state index in [0.29, 0.717) is 10.0 Å². The molecule has 2 aromatic rings. The Hall–Kier alpha value is -2.14. The molecule has 0 aromatic heterocycles. The van der Waals surface area contributed by atoms with Crippen molar-refractivity contribution in [3.05, 3.63) is 69.7 Å². The van der Waals surface area contributed by atoms with E-state index < -0.39 is 12.0 Å². The third kappa shape index (κ3) is 4.18. The molecule has 0 saturated heterocycles. The first-order valence-corrected chi connectivity index (χ1v) is 7.60. The van der Waals surface area contributed by atoms with E-state index in [1.165, 1.54) is 0 Å². The average molecular weight is 362 g/mol. The number of aliphatic carboxylic acids is 1. The van der Waals surface area contributed by atoms with Crippen LogP contribution in [0.2, 0.25) is 0 Å². The van der Waals surface area contributed by atoms with Gasteiger partial charge in [0, 0.05) is 4.47 Å². The molecule has 0 saturated carbocycles. The van der Waals surface area contributed by atoms with Crippen LogP contribution in [0.25, 0.3) is 0 Å². The Morgan fingerprint density at radius 2 is 1.77 bits per heavy atom. The topological polar surface area (TPSA) is 66.4 Å². The van der Waals surface area contributed by atoms with Gasteiger partial charge in [-0.1, -0.05) is 42.0 Å². The largest absolute Gasteiger partial charge is 0.481 e. The van der Waals surface area contributed by atoms with Crippen LogP contribution in [-0.4, -0.2) is 17.0 Å². The van der Waals surface area contributed by atoms with Crippen molar-refractivity contribution >= 4 is 27.8 Å². The highest BCUT2D eigenvalue weighted by atomic mass is 79.9. The lowest BCUT2D eigenvalue weighted by Crippen LogP contribution is -2.30. The van der Waals surface area contributed by atoms with Gasteiger partial charge in [-0.3, -0.25) is 9.59 Å². The van der Waals surface area contributed by atoms with Crippen LogP contribution in [0.1, 0.15) is 33.9 Å². The minimum absolute atomic E-state index is 0.167. The second kappa shape index (κ2) is 7.22. The summed E-state index contributed by atoms with van der Waals surface area (Å²) in [5, 5.41) is 11.9. The van der Waals surface area contributed by atoms with Gasteiger partial charge in [0.05, 0.1) is 18.0 Å². The van der Waals surface area contributed by atoms with Crippen LogP contribution < -0.4 is 5.32 Å². The third-order valence-corrected chi connectivity index (χ3v) is 3.97. The average Bonchev–Trinajstić information content (AvgIpc) is 2.47. The lowest BCUT2D eigenvalue weighted by atomic mass is 10.0. The number of aryl methyl sites for hydroxylation is 1. The predicted molar refractivity (Wildman–Crippen MR) is 87.8 cm³/mol. The van der Waals surface area contributed by atoms with Crippen molar-refractivity contribution in [1.82, 2.24) is 5.32 Å². The summed E-state index contributed by atoms with van der Waals surface area (Å²) in [6.07, 6.45) is -0.167. The molecule has 1 amide bonds. The summed E-state index contributed by atoms with van der Waals surface area (Å²) in [6, 6.07) is 13.9. The molecule has 0 spiro atoms. The van der Waals surface area contributed by atoms with E-state index in [0.717, 1.165) is 11.1 Å². The van der Waals surface area contributed by atoms with Crippen molar-refractivity contribution in [3.63, 3.8) is 0 Å². The lowest BCUT2D eigenvalue weighted by molar-refractivity contribution is -0.137. The highest BCUT2D eigenvalue weighted by molar-refractivity contribution is 9.10. The number of rotatable bonds is 5. The van der Waals surface area contributed by atoms with Crippen LogP contribution in [0.15, 0.2) is 53.0 Å². The highest BCUT2D eigenvalue weighted by Crippen LogP contribution is 2.21. The van der Waals surface area contributed by atoms with Gasteiger partial charge in [0.2, 0.25) is 0 Å². The Labute approximate surface area is 137 Å². The zero-order chi connectivity index (χ0) is 16.1. The van der Waals surface area contributed by atoms with Crippen LogP contribution in [0, 0.1) is 6.92 Å². The molecule has 4 nitrogen and oxygen atoms in total. The summed E-state index contributed by atoms with van der Waals surface area (Å²) in [5.41, 5.74) is 2.33. The SMILES string of the molecule is Cc1ccc(C(CC(=O)O)NC(=O)c2ccccc2Br)cc1. The number of carboxylic acids is 1. The number of hydrogen-bond acceptors (Lipinski definition) is 2. The molecule has 0 aliphatic carbocycles. The summed E-state index contributed by atoms with van der Waals surface area (Å²) in [7, 11) is 0. The number of halogens is 1. The summed E-state index contributed by atoms with van der Waals surface area (Å²) in [6.45, 7) is 1.95. The number of benzene rings is 2. The van der Waals surface area contributed by atoms with Crippen LogP contribution in [0.5, 0.6) is 0 Å². The predicted octanol–water partition coefficient (Wildman–Crippen LogP) is 3.70. The van der Waals surface area contributed by atoms with E-state index in [-0.39, 0.29) is 12.3 Å². The van der Waals surface area contributed by atoms with E-state index in [2.05, 4.69) is 21.2 Å². The second-order valence-corrected chi connectivity index (χ2v) is 5.87. The molecule has 0 aliphatic heterocycles. The van der Waals surface area contributed by atoms with Gasteiger partial charge in [0.15, 0.2) is 0 Å². The van der Waals surface area contributed by atoms with Gasteiger partial charge in [0.25, 0.3) is 5.91 Å². The number of carbonyl (C=O) groups excluding carboxylic acids is 1. The molecule has 0 bridgehead atoms. The van der Waals surface area contributed by atoms with Gasteiger partial charge < -0.3 is 10.4 Å². The maximum absolute atomic E-state index is 12.4. The smallest absolute Gasteiger partial charge is 0.305 e. The minimum atomic E-state index is -0.960. The monoisotopic (exact) mass is 361 g/mol. The Kier molecular flexibility index (Phi) is 5.33. The Balaban J connectivity index is 2.23. The maximum Gasteiger partial charge on any atom is 0.305 e. The van der Waals surface area contributed by atoms with Crippen molar-refractivity contribution in [2.45, 2.75) is 19.4 Å². The van der Waals surface area contributed by atoms with Gasteiger partial charge in [-0.05, 0) is 40.5 Å². The summed E-state index contributed by atoms with van der Waals surface area (Å²) >= 11 is 3.33. The van der Waals surface area contributed by atoms with E-state index in [4.69, 9.17) is 5.11 Å². The van der Waals surface area contributed by atoms with E-state index in [9.17, 15) is 9.59 Å². The highest BCUT2D eigenvalue weighted by Gasteiger charge is 2.19. The normalized spacial score (nSPS) is 11.7. The van der Waals surface area contributed by atoms with Crippen molar-refractivity contribution < 1.29 is 14.7 Å². The summed E-state index contributed by atoms with van der Waals surface area (Å²) in [4.78, 5) is 23.4. The molecule has 114 valence electrons. The molecular formula is C17H16BrNO3. The Morgan fingerprint density at radius 3 is 2.36 bits per heavy atom. The molecule has 22 heavy (non-hydrogen) atoms. The summed E-state index contributed by atoms with van der Waals surface area (Å²) in [5.74, 6) is -1.27. The molecule has 5 heteroatoms. The van der Waals surface area contributed by atoms with Gasteiger partial charge in [-0.15, -0.1) is 0 Å². The number of hydrogen-bond donors (Lipinski definition) is 2. The third-order valence-electron chi connectivity index (χ3n) is 3.28. The molecular weight excluding hydrogens is 346 g/mol. The van der Waals surface area contributed by atoms with Crippen LogP contribution >= 0.6 is 15.9 Å². The fourth-order valence-electron chi connectivity index (χ4n) is 2.11. The van der Waals surface area contributed by atoms with E-state index in [1.807, 2.05) is 37.3 Å². The molecule has 0 radical (unpaired) electrons. The van der Waals surface area contributed by atoms with Gasteiger partial charge in [-0.2, -0.15) is 0 Å². The van der Waals surface area contributed by atoms with Crippen LogP contribution in [0.3, 0.4) is 0 Å². The van der Waals surface area contributed by atoms with Gasteiger partial charge in [0.1, 0.15) is 0 Å². The first kappa shape index (κ1) is 16.2. The molecule has 0 aliphatic rings. The molecule has 2 aromatic carbocycles. The van der Waals surface area contributed by atoms with Crippen molar-refractivity contribution in [2.75, 3.05) is 0 Å². The standard InChI is InChI=1S/C17H16BrNO3/c1-11-6-8-12(9-7-11)15(10-16(20)21)19-17(22)13-4-2-3-5-14(13)18/h2-9,15H,10H2,1H3,(H,19,22)(H,20,21). The number of nitrogens with one attached hydrogen (secondary N) is 1. The molecule has 1 atom stereocenters. The second-order valence-electron chi connectivity index (χ2n) is 5.01. The van der Waals surface area contributed by atoms with Crippen molar-refractivity contribution in [3.8, 4) is 0 Å². The summed E-state index contributed by atoms with van der Waals surface area (Å²) < 4.78 is 0.672. The quantitative estimate of drug-likeness (QED) is 0.852. The number of carboxylic acid groups (broad SMARTS) is 1. The van der Waals surface area contributed by atoms with Crippen molar-refractivity contribution in [1.29, 1.82) is 0 Å². The fourth-order valence-corrected chi connectivity index (χ4v) is 2.57.